The average Bonchev–Trinajstić information content (AvgIpc) is 2.99. The molecule has 242 valence electrons. The van der Waals surface area contributed by atoms with E-state index in [1.807, 2.05) is 25.1 Å². The summed E-state index contributed by atoms with van der Waals surface area (Å²) >= 11 is 0. The Kier molecular flexibility index (Phi) is 16.2. The Balaban J connectivity index is 2.47. The van der Waals surface area contributed by atoms with Gasteiger partial charge in [0, 0.05) is 42.2 Å². The largest absolute Gasteiger partial charge is 0.461 e. The fraction of sp³-hybridized carbons (Fsp3) is 0.444. The number of aliphatic hydroxyl groups is 1. The van der Waals surface area contributed by atoms with E-state index in [1.165, 1.54) is 18.2 Å². The number of ether oxygens (including phenoxy) is 3. The van der Waals surface area contributed by atoms with Gasteiger partial charge in [0.1, 0.15) is 11.5 Å². The second-order valence-corrected chi connectivity index (χ2v) is 10.7. The summed E-state index contributed by atoms with van der Waals surface area (Å²) in [4.78, 5) is 0. The van der Waals surface area contributed by atoms with E-state index >= 15 is 0 Å². The molecule has 2 aliphatic rings. The van der Waals surface area contributed by atoms with Crippen LogP contribution in [-0.4, -0.2) is 37.4 Å². The van der Waals surface area contributed by atoms with Crippen LogP contribution >= 0.6 is 0 Å². The average molecular weight is 625 g/mol. The number of nitrogens with zero attached hydrogens (tertiary/aromatic N) is 2. The van der Waals surface area contributed by atoms with Crippen LogP contribution in [0.15, 0.2) is 107 Å². The number of allylic oxidation sites excluding steroid dienone is 15. The lowest BCUT2D eigenvalue weighted by Crippen LogP contribution is -2.25. The highest BCUT2D eigenvalue weighted by Gasteiger charge is 2.28. The van der Waals surface area contributed by atoms with Gasteiger partial charge in [-0.2, -0.15) is 23.7 Å². The topological polar surface area (TPSA) is 95.5 Å². The Morgan fingerprint density at radius 1 is 1.22 bits per heavy atom. The van der Waals surface area contributed by atoms with Crippen LogP contribution < -0.4 is 0 Å². The summed E-state index contributed by atoms with van der Waals surface area (Å²) in [6, 6.07) is 4.09. The van der Waals surface area contributed by atoms with Crippen molar-refractivity contribution in [3.05, 3.63) is 107 Å². The van der Waals surface area contributed by atoms with Gasteiger partial charge in [0.2, 0.25) is 0 Å². The minimum absolute atomic E-state index is 0.114. The number of nitriles is 2. The van der Waals surface area contributed by atoms with Crippen molar-refractivity contribution in [2.45, 2.75) is 71.8 Å². The number of hydrogen-bond donors (Lipinski definition) is 1. The van der Waals surface area contributed by atoms with E-state index in [4.69, 9.17) is 14.2 Å². The zero-order valence-corrected chi connectivity index (χ0v) is 26.3. The first-order chi connectivity index (χ1) is 21.5. The van der Waals surface area contributed by atoms with E-state index in [9.17, 15) is 28.8 Å². The number of alkyl halides is 3. The fourth-order valence-electron chi connectivity index (χ4n) is 4.92. The highest BCUT2D eigenvalue weighted by Crippen LogP contribution is 2.40. The molecule has 0 aromatic carbocycles. The van der Waals surface area contributed by atoms with Crippen molar-refractivity contribution in [2.24, 2.45) is 11.8 Å². The molecule has 6 nitrogen and oxygen atoms in total. The SMILES string of the molecule is C=C(/C=C(C)\C=C\CC(F)(F)F)/C(=C\C#N)C1=C(OC2=CCC(C(O)OCCOCC)C=C2)CC(CCCC)C=C1/C=C/C#N. The van der Waals surface area contributed by atoms with E-state index in [2.05, 4.69) is 25.6 Å². The van der Waals surface area contributed by atoms with Gasteiger partial charge in [0.05, 0.1) is 31.8 Å². The molecule has 0 saturated carbocycles. The summed E-state index contributed by atoms with van der Waals surface area (Å²) in [6.07, 6.45) is 13.5. The van der Waals surface area contributed by atoms with Crippen molar-refractivity contribution in [1.29, 1.82) is 10.5 Å². The molecular formula is C36H43F3N2O4. The van der Waals surface area contributed by atoms with Crippen LogP contribution in [0.1, 0.15) is 59.3 Å². The molecule has 0 spiro atoms. The van der Waals surface area contributed by atoms with Crippen molar-refractivity contribution in [2.75, 3.05) is 19.8 Å². The molecule has 0 heterocycles. The minimum atomic E-state index is -4.31. The van der Waals surface area contributed by atoms with Gasteiger partial charge in [-0.25, -0.2) is 0 Å². The zero-order chi connectivity index (χ0) is 33.2. The first kappa shape index (κ1) is 37.3. The number of unbranched alkanes of at least 4 members (excludes halogenated alkanes) is 1. The van der Waals surface area contributed by atoms with Crippen LogP contribution in [0.2, 0.25) is 0 Å². The molecule has 1 N–H and O–H groups in total. The quantitative estimate of drug-likeness (QED) is 0.0752. The van der Waals surface area contributed by atoms with Crippen molar-refractivity contribution in [3.8, 4) is 12.1 Å². The molecule has 2 aliphatic carbocycles. The van der Waals surface area contributed by atoms with Crippen LogP contribution in [-0.2, 0) is 14.2 Å². The fourth-order valence-corrected chi connectivity index (χ4v) is 4.92. The van der Waals surface area contributed by atoms with E-state index in [0.29, 0.717) is 65.4 Å². The van der Waals surface area contributed by atoms with E-state index < -0.39 is 18.9 Å². The zero-order valence-electron chi connectivity index (χ0n) is 26.3. The third kappa shape index (κ3) is 13.3. The molecule has 0 bridgehead atoms. The Bertz CT molecular complexity index is 1350. The second-order valence-electron chi connectivity index (χ2n) is 10.7. The van der Waals surface area contributed by atoms with Gasteiger partial charge in [-0.05, 0) is 62.0 Å². The van der Waals surface area contributed by atoms with E-state index in [0.717, 1.165) is 25.3 Å². The Morgan fingerprint density at radius 2 is 2.00 bits per heavy atom. The van der Waals surface area contributed by atoms with Crippen LogP contribution in [0.25, 0.3) is 0 Å². The highest BCUT2D eigenvalue weighted by molar-refractivity contribution is 5.65. The van der Waals surface area contributed by atoms with Crippen molar-refractivity contribution in [3.63, 3.8) is 0 Å². The molecule has 45 heavy (non-hydrogen) atoms. The number of rotatable bonds is 17. The molecule has 0 aliphatic heterocycles. The molecule has 0 saturated heterocycles. The molecule has 9 heteroatoms. The predicted molar refractivity (Wildman–Crippen MR) is 169 cm³/mol. The smallest absolute Gasteiger partial charge is 0.392 e. The van der Waals surface area contributed by atoms with Gasteiger partial charge in [0.25, 0.3) is 0 Å². The van der Waals surface area contributed by atoms with Crippen molar-refractivity contribution in [1.82, 2.24) is 0 Å². The molecule has 0 aromatic rings. The van der Waals surface area contributed by atoms with Crippen molar-refractivity contribution < 1.29 is 32.5 Å². The lowest BCUT2D eigenvalue weighted by atomic mass is 9.81. The van der Waals surface area contributed by atoms with Gasteiger partial charge in [0.15, 0.2) is 6.29 Å². The van der Waals surface area contributed by atoms with Crippen LogP contribution in [0.5, 0.6) is 0 Å². The molecule has 0 fully saturated rings. The van der Waals surface area contributed by atoms with Gasteiger partial charge < -0.3 is 19.3 Å². The molecule has 0 amide bonds. The second kappa shape index (κ2) is 19.5. The lowest BCUT2D eigenvalue weighted by molar-refractivity contribution is -0.133. The molecule has 3 unspecified atom stereocenters. The number of hydrogen-bond acceptors (Lipinski definition) is 6. The third-order valence-electron chi connectivity index (χ3n) is 7.08. The van der Waals surface area contributed by atoms with Crippen molar-refractivity contribution >= 4 is 0 Å². The third-order valence-corrected chi connectivity index (χ3v) is 7.08. The van der Waals surface area contributed by atoms with Gasteiger partial charge in [-0.15, -0.1) is 0 Å². The van der Waals surface area contributed by atoms with Gasteiger partial charge >= 0.3 is 6.18 Å². The first-order valence-corrected chi connectivity index (χ1v) is 15.2. The van der Waals surface area contributed by atoms with Crippen LogP contribution in [0.4, 0.5) is 13.2 Å². The lowest BCUT2D eigenvalue weighted by Gasteiger charge is -2.29. The summed E-state index contributed by atoms with van der Waals surface area (Å²) in [6.45, 7) is 11.0. The summed E-state index contributed by atoms with van der Waals surface area (Å²) in [5.41, 5.74) is 2.65. The Morgan fingerprint density at radius 3 is 2.62 bits per heavy atom. The highest BCUT2D eigenvalue weighted by atomic mass is 19.4. The maximum atomic E-state index is 12.6. The molecule has 0 radical (unpaired) electrons. The number of aliphatic hydroxyl groups excluding tert-OH is 1. The molecular weight excluding hydrogens is 581 g/mol. The molecule has 2 rings (SSSR count). The predicted octanol–water partition coefficient (Wildman–Crippen LogP) is 8.77. The Hall–Kier alpha value is -3.89. The van der Waals surface area contributed by atoms with Crippen LogP contribution in [0, 0.1) is 34.5 Å². The maximum absolute atomic E-state index is 12.6. The summed E-state index contributed by atoms with van der Waals surface area (Å²) in [7, 11) is 0. The summed E-state index contributed by atoms with van der Waals surface area (Å²) < 4.78 is 55.2. The summed E-state index contributed by atoms with van der Waals surface area (Å²) in [5, 5.41) is 29.5. The standard InChI is InChI=1S/C36H43F3N2O4/c1-5-7-11-28-24-30(12-9-19-40)34(32(17-20-41)27(4)23-26(3)10-8-18-36(37,38)39)33(25-28)45-31-15-13-29(14-16-31)35(42)44-22-21-43-6-2/h8-10,12-13,15-17,23-24,28-29,35,42H,4-7,11,14,18,21-22,25H2,1-3H3/b10-8+,12-9+,26-23-,32-17+. The molecule has 3 atom stereocenters. The minimum Gasteiger partial charge on any atom is -0.461 e. The normalized spacial score (nSPS) is 20.2. The van der Waals surface area contributed by atoms with E-state index in [1.54, 1.807) is 25.2 Å². The number of halogens is 3. The molecule has 0 aromatic heterocycles. The van der Waals surface area contributed by atoms with Gasteiger partial charge in [-0.3, -0.25) is 0 Å². The Labute approximate surface area is 265 Å². The van der Waals surface area contributed by atoms with E-state index in [-0.39, 0.29) is 18.4 Å². The first-order valence-electron chi connectivity index (χ1n) is 15.2. The van der Waals surface area contributed by atoms with Crippen LogP contribution in [0.3, 0.4) is 0 Å². The summed E-state index contributed by atoms with van der Waals surface area (Å²) in [5.74, 6) is 0.990. The monoisotopic (exact) mass is 624 g/mol. The van der Waals surface area contributed by atoms with Gasteiger partial charge in [-0.1, -0.05) is 62.3 Å². The maximum Gasteiger partial charge on any atom is 0.392 e.